The topological polar surface area (TPSA) is 86.6 Å². The number of carbonyl (C=O) groups excluding carboxylic acids is 1. The third-order valence-electron chi connectivity index (χ3n) is 7.32. The monoisotopic (exact) mass is 582 g/mol. The molecule has 1 aliphatic carbocycles. The predicted octanol–water partition coefficient (Wildman–Crippen LogP) is 8.05. The van der Waals surface area contributed by atoms with Gasteiger partial charge in [-0.25, -0.2) is 4.98 Å². The number of halogens is 3. The number of fused-ring (bicyclic) bond motifs is 1. The first kappa shape index (κ1) is 29.1. The highest BCUT2D eigenvalue weighted by Gasteiger charge is 2.34. The van der Waals surface area contributed by atoms with Gasteiger partial charge in [0.05, 0.1) is 11.0 Å². The van der Waals surface area contributed by atoms with Crippen LogP contribution >= 0.6 is 0 Å². The van der Waals surface area contributed by atoms with Crippen LogP contribution in [0.25, 0.3) is 11.0 Å². The summed E-state index contributed by atoms with van der Waals surface area (Å²) in [5, 5.41) is 6.05. The van der Waals surface area contributed by atoms with E-state index < -0.39 is 12.5 Å². The van der Waals surface area contributed by atoms with Crippen LogP contribution in [0.1, 0.15) is 46.1 Å². The smallest absolute Gasteiger partial charge is 0.387 e. The van der Waals surface area contributed by atoms with Crippen molar-refractivity contribution in [3.05, 3.63) is 66.7 Å². The third kappa shape index (κ3) is 7.07. The van der Waals surface area contributed by atoms with Crippen LogP contribution in [0.15, 0.2) is 66.7 Å². The third-order valence-corrected chi connectivity index (χ3v) is 7.32. The first-order chi connectivity index (χ1) is 20.1. The summed E-state index contributed by atoms with van der Waals surface area (Å²) in [6.45, 7) is 3.68. The van der Waals surface area contributed by atoms with Crippen molar-refractivity contribution in [2.24, 2.45) is 11.3 Å². The normalized spacial score (nSPS) is 18.1. The Hall–Kier alpha value is -4.41. The van der Waals surface area contributed by atoms with E-state index in [2.05, 4.69) is 45.7 Å². The molecule has 0 aliphatic heterocycles. The lowest BCUT2D eigenvalue weighted by atomic mass is 9.70. The van der Waals surface area contributed by atoms with Crippen LogP contribution in [0.5, 0.6) is 17.2 Å². The summed E-state index contributed by atoms with van der Waals surface area (Å²) in [5.74, 6) is 1.36. The number of nitrogens with one attached hydrogen (secondary N) is 2. The molecule has 4 aromatic rings. The standard InChI is InChI=1S/C31H33F3N4O4/c1-19-14-22(17-31(2,3)16-19)38-27-13-12-25(15-26(27)37-30(38)36-21-6-10-24(42-34)11-7-21)40-18-28(39)35-20-4-8-23(9-5-20)41-29(32)33/h4-13,15,19,22,29H,14,16-18H2,1-3H3,(H,35,39)(H,36,37)/t19-,22+/m1/s1. The Morgan fingerprint density at radius 2 is 1.67 bits per heavy atom. The summed E-state index contributed by atoms with van der Waals surface area (Å²) in [6, 6.07) is 17.9. The molecule has 2 N–H and O–H groups in total. The molecule has 1 saturated carbocycles. The highest BCUT2D eigenvalue weighted by molar-refractivity contribution is 5.92. The van der Waals surface area contributed by atoms with E-state index in [4.69, 9.17) is 9.72 Å². The molecule has 0 saturated heterocycles. The van der Waals surface area contributed by atoms with Gasteiger partial charge < -0.3 is 24.7 Å². The van der Waals surface area contributed by atoms with E-state index in [1.54, 1.807) is 24.3 Å². The number of nitrogens with zero attached hydrogens (tertiary/aromatic N) is 2. The molecule has 0 unspecified atom stereocenters. The molecule has 1 aliphatic rings. The van der Waals surface area contributed by atoms with Gasteiger partial charge in [0.1, 0.15) is 11.5 Å². The number of ether oxygens (including phenoxy) is 2. The Balaban J connectivity index is 1.34. The fraction of sp³-hybridized carbons (Fsp3) is 0.355. The van der Waals surface area contributed by atoms with Gasteiger partial charge in [0.25, 0.3) is 5.91 Å². The zero-order valence-corrected chi connectivity index (χ0v) is 23.6. The second-order valence-electron chi connectivity index (χ2n) is 11.5. The quantitative estimate of drug-likeness (QED) is 0.197. The molecule has 1 fully saturated rings. The Kier molecular flexibility index (Phi) is 8.46. The molecule has 42 heavy (non-hydrogen) atoms. The first-order valence-electron chi connectivity index (χ1n) is 13.7. The molecule has 0 radical (unpaired) electrons. The fourth-order valence-electron chi connectivity index (χ4n) is 5.90. The van der Waals surface area contributed by atoms with Crippen LogP contribution in [0.4, 0.5) is 30.6 Å². The van der Waals surface area contributed by atoms with Crippen molar-refractivity contribution in [3.8, 4) is 17.2 Å². The van der Waals surface area contributed by atoms with E-state index in [-0.39, 0.29) is 29.6 Å². The highest BCUT2D eigenvalue weighted by Crippen LogP contribution is 2.46. The molecule has 222 valence electrons. The van der Waals surface area contributed by atoms with Crippen molar-refractivity contribution in [2.75, 3.05) is 17.2 Å². The number of benzene rings is 3. The summed E-state index contributed by atoms with van der Waals surface area (Å²) in [5.41, 5.74) is 2.95. The van der Waals surface area contributed by atoms with Gasteiger partial charge in [-0.1, -0.05) is 20.8 Å². The predicted molar refractivity (Wildman–Crippen MR) is 154 cm³/mol. The lowest BCUT2D eigenvalue weighted by Crippen LogP contribution is -2.29. The van der Waals surface area contributed by atoms with Crippen LogP contribution < -0.4 is 25.0 Å². The van der Waals surface area contributed by atoms with E-state index in [0.29, 0.717) is 28.8 Å². The molecule has 1 heterocycles. The van der Waals surface area contributed by atoms with E-state index in [1.807, 2.05) is 6.07 Å². The van der Waals surface area contributed by atoms with Crippen molar-refractivity contribution < 1.29 is 32.5 Å². The summed E-state index contributed by atoms with van der Waals surface area (Å²) in [7, 11) is 0. The fourth-order valence-corrected chi connectivity index (χ4v) is 5.90. The molecular weight excluding hydrogens is 549 g/mol. The Labute approximate surface area is 241 Å². The number of alkyl halides is 2. The maximum atomic E-state index is 12.6. The number of hydrogen-bond donors (Lipinski definition) is 2. The van der Waals surface area contributed by atoms with Crippen LogP contribution in [0.2, 0.25) is 0 Å². The van der Waals surface area contributed by atoms with E-state index in [1.165, 1.54) is 36.4 Å². The Morgan fingerprint density at radius 1 is 1.00 bits per heavy atom. The van der Waals surface area contributed by atoms with Crippen molar-refractivity contribution in [1.82, 2.24) is 9.55 Å². The number of rotatable bonds is 10. The second-order valence-corrected chi connectivity index (χ2v) is 11.5. The van der Waals surface area contributed by atoms with E-state index in [0.717, 1.165) is 30.5 Å². The van der Waals surface area contributed by atoms with Gasteiger partial charge in [-0.15, -0.1) is 0 Å². The summed E-state index contributed by atoms with van der Waals surface area (Å²) in [6.07, 6.45) is 3.14. The average Bonchev–Trinajstić information content (AvgIpc) is 3.29. The largest absolute Gasteiger partial charge is 0.484 e. The molecule has 3 aromatic carbocycles. The first-order valence-corrected chi connectivity index (χ1v) is 13.7. The Morgan fingerprint density at radius 3 is 2.33 bits per heavy atom. The van der Waals surface area contributed by atoms with Gasteiger partial charge in [-0.3, -0.25) is 9.74 Å². The maximum absolute atomic E-state index is 12.6. The molecule has 0 spiro atoms. The van der Waals surface area contributed by atoms with Crippen molar-refractivity contribution in [2.45, 2.75) is 52.7 Å². The minimum absolute atomic E-state index is 0.00196. The van der Waals surface area contributed by atoms with Crippen LogP contribution in [0, 0.1) is 11.3 Å². The number of carbonyl (C=O) groups is 1. The van der Waals surface area contributed by atoms with Gasteiger partial charge in [-0.2, -0.15) is 8.78 Å². The van der Waals surface area contributed by atoms with Crippen molar-refractivity contribution in [1.29, 1.82) is 0 Å². The molecule has 8 nitrogen and oxygen atoms in total. The molecular formula is C31H33F3N4O4. The lowest BCUT2D eigenvalue weighted by molar-refractivity contribution is -0.118. The van der Waals surface area contributed by atoms with Gasteiger partial charge >= 0.3 is 6.61 Å². The SMILES string of the molecule is C[C@@H]1C[C@H](n2c(Nc3ccc(OF)cc3)nc3cc(OCC(=O)Nc4ccc(OC(F)F)cc4)ccc32)CC(C)(C)C1. The van der Waals surface area contributed by atoms with E-state index >= 15 is 0 Å². The summed E-state index contributed by atoms with van der Waals surface area (Å²) < 4.78 is 49.5. The molecule has 1 amide bonds. The zero-order valence-electron chi connectivity index (χ0n) is 23.6. The molecule has 1 aromatic heterocycles. The molecule has 0 bridgehead atoms. The minimum Gasteiger partial charge on any atom is -0.484 e. The zero-order chi connectivity index (χ0) is 29.9. The molecule has 2 atom stereocenters. The lowest BCUT2D eigenvalue weighted by Gasteiger charge is -2.40. The second kappa shape index (κ2) is 12.2. The van der Waals surface area contributed by atoms with Crippen LogP contribution in [-0.4, -0.2) is 28.7 Å². The Bertz CT molecular complexity index is 1520. The van der Waals surface area contributed by atoms with Gasteiger partial charge in [-0.05, 0) is 91.3 Å². The number of anilines is 3. The molecule has 11 heteroatoms. The number of amides is 1. The minimum atomic E-state index is -2.92. The van der Waals surface area contributed by atoms with E-state index in [9.17, 15) is 18.1 Å². The van der Waals surface area contributed by atoms with Crippen molar-refractivity contribution >= 4 is 34.3 Å². The maximum Gasteiger partial charge on any atom is 0.387 e. The summed E-state index contributed by atoms with van der Waals surface area (Å²) in [4.78, 5) is 21.2. The average molecular weight is 583 g/mol. The van der Waals surface area contributed by atoms with Crippen LogP contribution in [0.3, 0.4) is 0 Å². The number of hydrogen-bond acceptors (Lipinski definition) is 6. The molecule has 5 rings (SSSR count). The van der Waals surface area contributed by atoms with Gasteiger partial charge in [0, 0.05) is 28.0 Å². The highest BCUT2D eigenvalue weighted by atomic mass is 19.3. The van der Waals surface area contributed by atoms with Gasteiger partial charge in [0.15, 0.2) is 12.4 Å². The van der Waals surface area contributed by atoms with Crippen molar-refractivity contribution in [3.63, 3.8) is 0 Å². The van der Waals surface area contributed by atoms with Gasteiger partial charge in [0.2, 0.25) is 5.95 Å². The van der Waals surface area contributed by atoms with Crippen LogP contribution in [-0.2, 0) is 4.79 Å². The number of imidazole rings is 1. The summed E-state index contributed by atoms with van der Waals surface area (Å²) >= 11 is 0. The number of aromatic nitrogens is 2.